The van der Waals surface area contributed by atoms with E-state index in [1.165, 1.54) is 0 Å². The lowest BCUT2D eigenvalue weighted by Gasteiger charge is -2.23. The molecule has 7 rings (SSSR count). The molecule has 0 aromatic heterocycles. The van der Waals surface area contributed by atoms with E-state index in [1.807, 2.05) is 49.4 Å². The number of carbonyl (C=O) groups excluding carboxylic acids is 4. The van der Waals surface area contributed by atoms with E-state index in [1.54, 1.807) is 0 Å². The van der Waals surface area contributed by atoms with Crippen LogP contribution in [-0.4, -0.2) is 68.1 Å². The van der Waals surface area contributed by atoms with Gasteiger partial charge in [0.05, 0.1) is 30.3 Å². The van der Waals surface area contributed by atoms with Crippen LogP contribution in [0.5, 0.6) is 5.75 Å². The van der Waals surface area contributed by atoms with E-state index in [4.69, 9.17) is 14.3 Å². The standard InChI is InChI=1S/C34H39N5O9S/c1-2-19-18-34(19,32(42)39-49(44,45)22-10-11-22)35-30(40)27-16-21-17-28(27)31(41)36-37-33(43)47-14-6-5-13-46-20-9-12-24-23-7-3-4-8-25(23)29(38-48-21)26(24)15-20/h3-4,7-9,12,15,19,21-22,27-28H,2,5-6,10-11,13-14,16-18H2,1H3,(H,35,40)(H,36,41)(H,37,43)(H,39,42)/b38-29-/t19-,21-,27-,28-,34-/m1/s1. The Balaban J connectivity index is 1.15. The van der Waals surface area contributed by atoms with Crippen LogP contribution in [0, 0.1) is 17.8 Å². The van der Waals surface area contributed by atoms with Crippen molar-refractivity contribution in [3.63, 3.8) is 0 Å². The molecule has 15 heteroatoms. The molecule has 260 valence electrons. The van der Waals surface area contributed by atoms with Gasteiger partial charge in [0, 0.05) is 11.1 Å². The molecular weight excluding hydrogens is 654 g/mol. The number of sulfonamides is 1. The summed E-state index contributed by atoms with van der Waals surface area (Å²) in [5, 5.41) is 6.79. The number of fused-ring (bicyclic) bond motifs is 6. The van der Waals surface area contributed by atoms with Crippen LogP contribution in [0.4, 0.5) is 4.79 Å². The smallest absolute Gasteiger partial charge is 0.426 e. The predicted octanol–water partition coefficient (Wildman–Crippen LogP) is 2.65. The average molecular weight is 694 g/mol. The second-order valence-electron chi connectivity index (χ2n) is 13.4. The zero-order chi connectivity index (χ0) is 34.3. The number of benzene rings is 2. The first-order chi connectivity index (χ1) is 23.6. The number of cyclic esters (lactones) is 1. The van der Waals surface area contributed by atoms with E-state index in [9.17, 15) is 27.6 Å². The molecule has 1 heterocycles. The minimum absolute atomic E-state index is 0.0810. The molecule has 1 aliphatic heterocycles. The molecule has 49 heavy (non-hydrogen) atoms. The van der Waals surface area contributed by atoms with Gasteiger partial charge in [0.1, 0.15) is 23.1 Å². The van der Waals surface area contributed by atoms with Crippen molar-refractivity contribution in [2.75, 3.05) is 13.2 Å². The summed E-state index contributed by atoms with van der Waals surface area (Å²) in [6, 6.07) is 13.6. The number of oxime groups is 1. The van der Waals surface area contributed by atoms with Crippen molar-refractivity contribution in [2.24, 2.45) is 22.9 Å². The highest BCUT2D eigenvalue weighted by Crippen LogP contribution is 2.48. The number of rotatable bonds is 6. The van der Waals surface area contributed by atoms with Crippen LogP contribution in [0.1, 0.15) is 69.4 Å². The molecule has 14 nitrogen and oxygen atoms in total. The molecule has 3 fully saturated rings. The molecule has 5 atom stereocenters. The lowest BCUT2D eigenvalue weighted by molar-refractivity contribution is -0.136. The zero-order valence-corrected chi connectivity index (χ0v) is 27.8. The van der Waals surface area contributed by atoms with E-state index in [2.05, 4.69) is 26.0 Å². The highest BCUT2D eigenvalue weighted by atomic mass is 32.2. The summed E-state index contributed by atoms with van der Waals surface area (Å²) in [6.07, 6.45) is 1.56. The molecule has 3 saturated carbocycles. The van der Waals surface area contributed by atoms with E-state index in [0.29, 0.717) is 50.2 Å². The predicted molar refractivity (Wildman–Crippen MR) is 175 cm³/mol. The Hall–Kier alpha value is -4.66. The fourth-order valence-electron chi connectivity index (χ4n) is 7.10. The van der Waals surface area contributed by atoms with Crippen molar-refractivity contribution >= 4 is 39.5 Å². The maximum absolute atomic E-state index is 13.9. The number of carbonyl (C=O) groups is 4. The number of hydrogen-bond acceptors (Lipinski definition) is 10. The quantitative estimate of drug-likeness (QED) is 0.301. The Bertz CT molecular complexity index is 1830. The van der Waals surface area contributed by atoms with Gasteiger partial charge in [0.25, 0.3) is 5.91 Å². The van der Waals surface area contributed by atoms with Gasteiger partial charge in [-0.15, -0.1) is 0 Å². The maximum Gasteiger partial charge on any atom is 0.426 e. The van der Waals surface area contributed by atoms with Crippen LogP contribution in [-0.2, 0) is 34.0 Å². The van der Waals surface area contributed by atoms with Crippen LogP contribution in [0.25, 0.3) is 11.1 Å². The Kier molecular flexibility index (Phi) is 8.71. The fourth-order valence-corrected chi connectivity index (χ4v) is 8.47. The number of nitrogens with zero attached hydrogens (tertiary/aromatic N) is 1. The fraction of sp³-hybridized carbons (Fsp3) is 0.500. The van der Waals surface area contributed by atoms with Crippen molar-refractivity contribution in [2.45, 2.75) is 75.2 Å². The summed E-state index contributed by atoms with van der Waals surface area (Å²) in [7, 11) is -3.84. The largest absolute Gasteiger partial charge is 0.494 e. The minimum atomic E-state index is -3.84. The summed E-state index contributed by atoms with van der Waals surface area (Å²) < 4.78 is 38.5. The van der Waals surface area contributed by atoms with Gasteiger partial charge in [-0.2, -0.15) is 0 Å². The van der Waals surface area contributed by atoms with Gasteiger partial charge in [0.2, 0.25) is 21.8 Å². The normalized spacial score (nSPS) is 29.0. The molecule has 0 radical (unpaired) electrons. The van der Waals surface area contributed by atoms with E-state index in [0.717, 1.165) is 22.3 Å². The molecule has 5 aliphatic rings. The lowest BCUT2D eigenvalue weighted by atomic mass is 9.93. The Morgan fingerprint density at radius 2 is 1.69 bits per heavy atom. The monoisotopic (exact) mass is 693 g/mol. The van der Waals surface area contributed by atoms with Gasteiger partial charge < -0.3 is 19.6 Å². The first-order valence-corrected chi connectivity index (χ1v) is 18.4. The third-order valence-corrected chi connectivity index (χ3v) is 11.9. The van der Waals surface area contributed by atoms with Crippen LogP contribution in [0.15, 0.2) is 47.6 Å². The van der Waals surface area contributed by atoms with Crippen molar-refractivity contribution < 1.29 is 41.9 Å². The van der Waals surface area contributed by atoms with Gasteiger partial charge in [-0.3, -0.25) is 24.5 Å². The average Bonchev–Trinajstić information content (AvgIpc) is 4.00. The number of ether oxygens (including phenoxy) is 2. The van der Waals surface area contributed by atoms with E-state index >= 15 is 0 Å². The molecule has 4 amide bonds. The van der Waals surface area contributed by atoms with Crippen molar-refractivity contribution in [1.82, 2.24) is 20.9 Å². The third kappa shape index (κ3) is 6.55. The maximum atomic E-state index is 13.9. The molecule has 0 spiro atoms. The van der Waals surface area contributed by atoms with Gasteiger partial charge in [-0.1, -0.05) is 42.8 Å². The molecule has 2 aromatic carbocycles. The highest BCUT2D eigenvalue weighted by molar-refractivity contribution is 7.91. The van der Waals surface area contributed by atoms with E-state index < -0.39 is 62.6 Å². The lowest BCUT2D eigenvalue weighted by Crippen LogP contribution is -2.55. The molecule has 0 saturated heterocycles. The number of nitrogens with one attached hydrogen (secondary N) is 4. The summed E-state index contributed by atoms with van der Waals surface area (Å²) in [4.78, 5) is 59.1. The summed E-state index contributed by atoms with van der Waals surface area (Å²) in [6.45, 7) is 2.37. The summed E-state index contributed by atoms with van der Waals surface area (Å²) in [5.41, 5.74) is 7.45. The van der Waals surface area contributed by atoms with Crippen LogP contribution < -0.4 is 25.6 Å². The highest BCUT2D eigenvalue weighted by Gasteiger charge is 2.62. The van der Waals surface area contributed by atoms with Gasteiger partial charge >= 0.3 is 6.09 Å². The molecule has 2 aromatic rings. The second kappa shape index (κ2) is 13.0. The van der Waals surface area contributed by atoms with Crippen molar-refractivity contribution in [3.05, 3.63) is 53.6 Å². The topological polar surface area (TPSA) is 191 Å². The van der Waals surface area contributed by atoms with Gasteiger partial charge in [-0.25, -0.2) is 18.6 Å². The number of hydrogen-bond donors (Lipinski definition) is 4. The van der Waals surface area contributed by atoms with Crippen LogP contribution >= 0.6 is 0 Å². The molecule has 4 bridgehead atoms. The van der Waals surface area contributed by atoms with Gasteiger partial charge in [0.15, 0.2) is 0 Å². The van der Waals surface area contributed by atoms with E-state index in [-0.39, 0.29) is 31.8 Å². The second-order valence-corrected chi connectivity index (χ2v) is 15.3. The number of amides is 4. The molecular formula is C34H39N5O9S. The minimum Gasteiger partial charge on any atom is -0.494 e. The Labute approximate surface area is 283 Å². The summed E-state index contributed by atoms with van der Waals surface area (Å²) in [5.74, 6) is -3.55. The first kappa shape index (κ1) is 32.9. The van der Waals surface area contributed by atoms with Crippen LogP contribution in [0.3, 0.4) is 0 Å². The Morgan fingerprint density at radius 1 is 0.959 bits per heavy atom. The summed E-state index contributed by atoms with van der Waals surface area (Å²) >= 11 is 0. The first-order valence-electron chi connectivity index (χ1n) is 16.8. The Morgan fingerprint density at radius 3 is 2.43 bits per heavy atom. The third-order valence-electron chi connectivity index (χ3n) is 10.1. The van der Waals surface area contributed by atoms with Crippen molar-refractivity contribution in [1.29, 1.82) is 0 Å². The molecule has 4 N–H and O–H groups in total. The van der Waals surface area contributed by atoms with Crippen molar-refractivity contribution in [3.8, 4) is 16.9 Å². The molecule has 0 unspecified atom stereocenters. The number of hydrazine groups is 1. The van der Waals surface area contributed by atoms with Crippen LogP contribution in [0.2, 0.25) is 0 Å². The zero-order valence-electron chi connectivity index (χ0n) is 27.0. The van der Waals surface area contributed by atoms with Gasteiger partial charge in [-0.05, 0) is 80.2 Å². The SMILES string of the molecule is CC[C@@H]1C[C@]1(NC(=O)[C@@H]1C[C@@H]2C[C@H]1C(=O)NNC(=O)OCCCCOc1ccc3c(c1)/C(=N\O2)c1ccccc1-3)C(=O)NS(=O)(=O)C1CC1. The molecule has 4 aliphatic carbocycles.